The zero-order valence-corrected chi connectivity index (χ0v) is 41.4. The number of aliphatic imine (C=N–C) groups is 5. The van der Waals surface area contributed by atoms with Gasteiger partial charge in [0.25, 0.3) is 0 Å². The van der Waals surface area contributed by atoms with Crippen molar-refractivity contribution in [3.8, 4) is 0 Å². The highest BCUT2D eigenvalue weighted by atomic mass is 16.3. The molecule has 13 heterocycles. The topological polar surface area (TPSA) is 277 Å². The molecule has 0 amide bonds. The highest BCUT2D eigenvalue weighted by molar-refractivity contribution is 5.82. The molecule has 14 rings (SSSR count). The van der Waals surface area contributed by atoms with E-state index in [9.17, 15) is 0 Å². The van der Waals surface area contributed by atoms with E-state index in [1.807, 2.05) is 140 Å². The van der Waals surface area contributed by atoms with Crippen molar-refractivity contribution in [1.29, 1.82) is 0 Å². The molecule has 1 aromatic carbocycles. The zero-order chi connectivity index (χ0) is 53.0. The van der Waals surface area contributed by atoms with Crippen LogP contribution in [0.15, 0.2) is 304 Å². The lowest BCUT2D eigenvalue weighted by atomic mass is 10.4. The molecule has 0 atom stereocenters. The third-order valence-electron chi connectivity index (χ3n) is 6.90. The lowest BCUT2D eigenvalue weighted by Crippen LogP contribution is -1.66. The Balaban J connectivity index is 0.000000404. The summed E-state index contributed by atoms with van der Waals surface area (Å²) in [7, 11) is 0. The van der Waals surface area contributed by atoms with Gasteiger partial charge in [-0.05, 0) is 59.0 Å². The van der Waals surface area contributed by atoms with Crippen molar-refractivity contribution in [2.75, 3.05) is 26.3 Å². The first kappa shape index (κ1) is 62.8. The van der Waals surface area contributed by atoms with Gasteiger partial charge in [-0.2, -0.15) is 20.4 Å². The fraction of sp³-hybridized carbons (Fsp3) is 0.151. The summed E-state index contributed by atoms with van der Waals surface area (Å²) in [6, 6.07) is 25.2. The van der Waals surface area contributed by atoms with Crippen molar-refractivity contribution < 1.29 is 4.42 Å². The molecule has 0 aliphatic carbocycles. The number of benzene rings is 1. The molecule has 0 spiro atoms. The Morgan fingerprint density at radius 2 is 0.760 bits per heavy atom. The van der Waals surface area contributed by atoms with Crippen LogP contribution in [0.4, 0.5) is 0 Å². The molecule has 384 valence electrons. The van der Waals surface area contributed by atoms with E-state index in [-0.39, 0.29) is 0 Å². The average molecular weight is 1010 g/mol. The summed E-state index contributed by atoms with van der Waals surface area (Å²) in [6.07, 6.45) is 60.7. The Morgan fingerprint density at radius 1 is 0.333 bits per heavy atom. The first-order valence-electron chi connectivity index (χ1n) is 22.9. The van der Waals surface area contributed by atoms with Crippen LogP contribution in [0.5, 0.6) is 0 Å². The van der Waals surface area contributed by atoms with Crippen LogP contribution >= 0.6 is 0 Å². The maximum absolute atomic E-state index is 4.36. The molecule has 8 aliphatic heterocycles. The van der Waals surface area contributed by atoms with Gasteiger partial charge in [-0.1, -0.05) is 78.9 Å². The van der Waals surface area contributed by atoms with Gasteiger partial charge in [-0.15, -0.1) is 20.4 Å². The molecule has 22 heteroatoms. The summed E-state index contributed by atoms with van der Waals surface area (Å²) in [5.74, 6) is 0. The third kappa shape index (κ3) is 58.0. The smallest absolute Gasteiger partial charge is 0.203 e. The first-order chi connectivity index (χ1) is 37.5. The third-order valence-corrected chi connectivity index (χ3v) is 6.90. The Morgan fingerprint density at radius 3 is 0.893 bits per heavy atom. The molecule has 0 N–H and O–H groups in total. The molecule has 0 unspecified atom stereocenters. The summed E-state index contributed by atoms with van der Waals surface area (Å²) in [4.78, 5) is 41.4. The second kappa shape index (κ2) is 59.9. The number of hydrogen-bond donors (Lipinski definition) is 0. The molecule has 6 aromatic rings. The number of aromatic nitrogens is 8. The SMILES string of the molecule is C1=CCN=C1.C1=CCN=C1.C1=CN=CC1.C1=CN=CC1.C1=CN=CC1.C1=CN=NC1.C1=NN=CC1.C1N=NN=N1.c1ccccc1.c1ccncc1.c1ccncc1.c1cnccn1.c1cncnc1.c1nnco1. The molecule has 0 radical (unpaired) electrons. The number of azo groups is 1. The second-order valence-electron chi connectivity index (χ2n) is 12.6. The van der Waals surface area contributed by atoms with Crippen LogP contribution in [0.3, 0.4) is 0 Å². The standard InChI is InChI=1S/C6H6.2C5H5N.2C4H4N2.5C4H5N.2C3H4N2.C2H2N2O.CH2N4/c3*1-2-4-6-5-3-1;1-2-6-4-3-5-1;1-2-5-4-6-3-1;7*1-2-4-5-3-1;1-3-4-2-5-1;1-2-4-5-3-1/h1-6H;2*1-5H;2*1-4H;3*1,3-4H,2H2;2*1-3H,4H2;2-3H,1H2;1-2H,3H2;1-2H;1H2. The van der Waals surface area contributed by atoms with Gasteiger partial charge in [0.2, 0.25) is 12.8 Å². The monoisotopic (exact) mass is 1010 g/mol. The van der Waals surface area contributed by atoms with Crippen LogP contribution in [0, 0.1) is 0 Å². The van der Waals surface area contributed by atoms with E-state index in [0.717, 1.165) is 45.3 Å². The predicted molar refractivity (Wildman–Crippen MR) is 300 cm³/mol. The van der Waals surface area contributed by atoms with Crippen molar-refractivity contribution in [3.63, 3.8) is 0 Å². The van der Waals surface area contributed by atoms with Crippen molar-refractivity contribution in [3.05, 3.63) is 233 Å². The van der Waals surface area contributed by atoms with Crippen molar-refractivity contribution in [1.82, 2.24) is 40.1 Å². The van der Waals surface area contributed by atoms with Gasteiger partial charge in [0.15, 0.2) is 6.67 Å². The maximum atomic E-state index is 4.36. The molecular weight excluding hydrogens is 947 g/mol. The summed E-state index contributed by atoms with van der Waals surface area (Å²) >= 11 is 0. The molecule has 22 nitrogen and oxygen atoms in total. The largest absolute Gasteiger partial charge is 0.431 e. The quantitative estimate of drug-likeness (QED) is 0.140. The number of rotatable bonds is 0. The van der Waals surface area contributed by atoms with Gasteiger partial charge in [0.1, 0.15) is 6.33 Å². The second-order valence-corrected chi connectivity index (χ2v) is 12.6. The van der Waals surface area contributed by atoms with Gasteiger partial charge in [0, 0.05) is 156 Å². The van der Waals surface area contributed by atoms with E-state index < -0.39 is 0 Å². The van der Waals surface area contributed by atoms with Crippen molar-refractivity contribution in [2.45, 2.75) is 25.7 Å². The molecular formula is C53H61N21O. The van der Waals surface area contributed by atoms with Crippen LogP contribution in [-0.4, -0.2) is 110 Å². The van der Waals surface area contributed by atoms with Crippen LogP contribution in [-0.2, 0) is 0 Å². The van der Waals surface area contributed by atoms with E-state index in [1.165, 1.54) is 19.1 Å². The normalized spacial score (nSPS) is 13.1. The Labute approximate surface area is 438 Å². The number of allylic oxidation sites excluding steroid dienone is 5. The highest BCUT2D eigenvalue weighted by Crippen LogP contribution is 1.90. The van der Waals surface area contributed by atoms with Crippen molar-refractivity contribution in [2.24, 2.45) is 66.1 Å². The van der Waals surface area contributed by atoms with Gasteiger partial charge in [0.05, 0.1) is 19.6 Å². The van der Waals surface area contributed by atoms with E-state index in [1.54, 1.807) is 118 Å². The maximum Gasteiger partial charge on any atom is 0.203 e. The zero-order valence-electron chi connectivity index (χ0n) is 41.4. The molecule has 0 saturated heterocycles. The fourth-order valence-electron chi connectivity index (χ4n) is 3.79. The molecule has 75 heavy (non-hydrogen) atoms. The van der Waals surface area contributed by atoms with Gasteiger partial charge >= 0.3 is 0 Å². The van der Waals surface area contributed by atoms with Crippen molar-refractivity contribution >= 4 is 43.5 Å². The minimum Gasteiger partial charge on any atom is -0.431 e. The lowest BCUT2D eigenvalue weighted by Gasteiger charge is -1.70. The highest BCUT2D eigenvalue weighted by Gasteiger charge is 1.78. The van der Waals surface area contributed by atoms with Crippen LogP contribution in [0.1, 0.15) is 25.7 Å². The molecule has 0 bridgehead atoms. The Hall–Kier alpha value is -10.2. The molecule has 0 saturated carbocycles. The van der Waals surface area contributed by atoms with E-state index in [2.05, 4.69) is 111 Å². The number of hydrogen-bond acceptors (Lipinski definition) is 22. The minimum atomic E-state index is 0.417. The summed E-state index contributed by atoms with van der Waals surface area (Å²) in [6.45, 7) is 2.97. The lowest BCUT2D eigenvalue weighted by molar-refractivity contribution is 0.553. The summed E-state index contributed by atoms with van der Waals surface area (Å²) in [5.41, 5.74) is 0. The summed E-state index contributed by atoms with van der Waals surface area (Å²) < 4.78 is 4.36. The van der Waals surface area contributed by atoms with Crippen LogP contribution in [0.2, 0.25) is 0 Å². The van der Waals surface area contributed by atoms with Crippen LogP contribution < -0.4 is 0 Å². The minimum absolute atomic E-state index is 0.417. The number of nitrogens with zero attached hydrogens (tertiary/aromatic N) is 21. The first-order valence-corrected chi connectivity index (χ1v) is 22.9. The van der Waals surface area contributed by atoms with E-state index in [4.69, 9.17) is 0 Å². The number of pyridine rings is 2. The Bertz CT molecular complexity index is 1870. The van der Waals surface area contributed by atoms with E-state index in [0.29, 0.717) is 6.67 Å². The average Bonchev–Trinajstić information content (AvgIpc) is 4.35. The molecule has 5 aromatic heterocycles. The molecule has 0 fully saturated rings. The predicted octanol–water partition coefficient (Wildman–Crippen LogP) is 11.2. The van der Waals surface area contributed by atoms with Gasteiger partial charge in [-0.3, -0.25) is 44.9 Å². The molecule has 8 aliphatic rings. The van der Waals surface area contributed by atoms with Crippen LogP contribution in [0.25, 0.3) is 0 Å². The van der Waals surface area contributed by atoms with Gasteiger partial charge < -0.3 is 4.42 Å². The van der Waals surface area contributed by atoms with Gasteiger partial charge in [-0.25, -0.2) is 9.97 Å². The van der Waals surface area contributed by atoms with E-state index >= 15 is 0 Å². The fourth-order valence-corrected chi connectivity index (χ4v) is 3.79. The summed E-state index contributed by atoms with van der Waals surface area (Å²) in [5, 5.41) is 33.9. The Kier molecular flexibility index (Phi) is 50.1.